The summed E-state index contributed by atoms with van der Waals surface area (Å²) in [6, 6.07) is 0. The van der Waals surface area contributed by atoms with Gasteiger partial charge in [0, 0.05) is 11.5 Å². The summed E-state index contributed by atoms with van der Waals surface area (Å²) in [5.74, 6) is -0.226. The highest BCUT2D eigenvalue weighted by Gasteiger charge is 2.30. The third-order valence-corrected chi connectivity index (χ3v) is 2.71. The zero-order chi connectivity index (χ0) is 13.3. The minimum Gasteiger partial charge on any atom is -0.481 e. The van der Waals surface area contributed by atoms with E-state index in [4.69, 9.17) is 5.11 Å². The molecule has 0 spiro atoms. The normalized spacial score (nSPS) is 15.4. The number of aliphatic carboxylic acids is 1. The van der Waals surface area contributed by atoms with Crippen LogP contribution in [0.25, 0.3) is 0 Å². The van der Waals surface area contributed by atoms with Gasteiger partial charge in [0.15, 0.2) is 0 Å². The highest BCUT2D eigenvalue weighted by Crippen LogP contribution is 2.37. The molecule has 1 aromatic heterocycles. The molecule has 2 rings (SSSR count). The van der Waals surface area contributed by atoms with Gasteiger partial charge in [0.25, 0.3) is 5.91 Å². The molecule has 0 aromatic carbocycles. The first kappa shape index (κ1) is 12.5. The standard InChI is InChI=1S/C11H16N4O3/c1-11(2,5-7(16)17)13-10(18)9-12-8(14-15-9)6-3-4-6/h6H,3-5H2,1-2H3,(H,13,18)(H,16,17)(H,12,14,15). The van der Waals surface area contributed by atoms with Crippen LogP contribution in [0.4, 0.5) is 0 Å². The molecule has 0 bridgehead atoms. The highest BCUT2D eigenvalue weighted by atomic mass is 16.4. The lowest BCUT2D eigenvalue weighted by Gasteiger charge is -2.23. The molecule has 7 heteroatoms. The molecule has 1 aliphatic rings. The quantitative estimate of drug-likeness (QED) is 0.713. The van der Waals surface area contributed by atoms with E-state index in [0.717, 1.165) is 18.7 Å². The number of hydrogen-bond acceptors (Lipinski definition) is 4. The number of carboxylic acid groups (broad SMARTS) is 1. The van der Waals surface area contributed by atoms with Crippen molar-refractivity contribution in [3.8, 4) is 0 Å². The molecule has 3 N–H and O–H groups in total. The molecule has 0 radical (unpaired) electrons. The Morgan fingerprint density at radius 1 is 1.50 bits per heavy atom. The highest BCUT2D eigenvalue weighted by molar-refractivity contribution is 5.91. The van der Waals surface area contributed by atoms with Crippen molar-refractivity contribution in [2.24, 2.45) is 0 Å². The number of aromatic nitrogens is 3. The molecule has 1 saturated carbocycles. The van der Waals surface area contributed by atoms with E-state index < -0.39 is 17.4 Å². The Labute approximate surface area is 104 Å². The van der Waals surface area contributed by atoms with Gasteiger partial charge in [-0.3, -0.25) is 14.7 Å². The number of aromatic amines is 1. The van der Waals surface area contributed by atoms with E-state index >= 15 is 0 Å². The van der Waals surface area contributed by atoms with Crippen LogP contribution in [-0.4, -0.2) is 37.7 Å². The first-order chi connectivity index (χ1) is 8.37. The number of rotatable bonds is 5. The summed E-state index contributed by atoms with van der Waals surface area (Å²) in [5, 5.41) is 17.9. The van der Waals surface area contributed by atoms with Crippen molar-refractivity contribution in [2.75, 3.05) is 0 Å². The molecule has 1 amide bonds. The minimum atomic E-state index is -0.964. The van der Waals surface area contributed by atoms with Crippen LogP contribution >= 0.6 is 0 Å². The molecule has 18 heavy (non-hydrogen) atoms. The number of carbonyl (C=O) groups excluding carboxylic acids is 1. The lowest BCUT2D eigenvalue weighted by molar-refractivity contribution is -0.138. The summed E-state index contributed by atoms with van der Waals surface area (Å²) in [6.45, 7) is 3.29. The van der Waals surface area contributed by atoms with Gasteiger partial charge in [-0.1, -0.05) is 0 Å². The third kappa shape index (κ3) is 3.06. The van der Waals surface area contributed by atoms with Crippen LogP contribution in [0.1, 0.15) is 55.5 Å². The lowest BCUT2D eigenvalue weighted by Crippen LogP contribution is -2.45. The first-order valence-corrected chi connectivity index (χ1v) is 5.84. The summed E-state index contributed by atoms with van der Waals surface area (Å²) in [5.41, 5.74) is -0.830. The Balaban J connectivity index is 1.99. The zero-order valence-electron chi connectivity index (χ0n) is 10.4. The average Bonchev–Trinajstić information content (AvgIpc) is 2.93. The maximum atomic E-state index is 11.8. The van der Waals surface area contributed by atoms with Gasteiger partial charge in [0.1, 0.15) is 5.82 Å². The number of carbonyl (C=O) groups is 2. The minimum absolute atomic E-state index is 0.0652. The number of H-pyrrole nitrogens is 1. The van der Waals surface area contributed by atoms with Gasteiger partial charge in [-0.15, -0.1) is 5.10 Å². The van der Waals surface area contributed by atoms with E-state index in [2.05, 4.69) is 20.5 Å². The smallest absolute Gasteiger partial charge is 0.305 e. The van der Waals surface area contributed by atoms with Crippen LogP contribution < -0.4 is 5.32 Å². The van der Waals surface area contributed by atoms with E-state index in [1.165, 1.54) is 0 Å². The second-order valence-corrected chi connectivity index (χ2v) is 5.23. The summed E-state index contributed by atoms with van der Waals surface area (Å²) < 4.78 is 0. The van der Waals surface area contributed by atoms with Gasteiger partial charge < -0.3 is 10.4 Å². The fraction of sp³-hybridized carbons (Fsp3) is 0.636. The number of amides is 1. The van der Waals surface area contributed by atoms with Crippen LogP contribution in [0.3, 0.4) is 0 Å². The Hall–Kier alpha value is -1.92. The number of nitrogens with zero attached hydrogens (tertiary/aromatic N) is 2. The largest absolute Gasteiger partial charge is 0.481 e. The summed E-state index contributed by atoms with van der Waals surface area (Å²) >= 11 is 0. The van der Waals surface area contributed by atoms with E-state index in [0.29, 0.717) is 5.92 Å². The van der Waals surface area contributed by atoms with Crippen LogP contribution in [0.15, 0.2) is 0 Å². The number of carboxylic acids is 1. The molecule has 1 fully saturated rings. The van der Waals surface area contributed by atoms with Gasteiger partial charge in [0.2, 0.25) is 5.82 Å². The third-order valence-electron chi connectivity index (χ3n) is 2.71. The zero-order valence-corrected chi connectivity index (χ0v) is 10.4. The van der Waals surface area contributed by atoms with Crippen LogP contribution in [-0.2, 0) is 4.79 Å². The van der Waals surface area contributed by atoms with Crippen molar-refractivity contribution in [2.45, 2.75) is 44.6 Å². The van der Waals surface area contributed by atoms with E-state index in [-0.39, 0.29) is 12.2 Å². The van der Waals surface area contributed by atoms with Crippen molar-refractivity contribution in [1.82, 2.24) is 20.5 Å². The molecule has 98 valence electrons. The monoisotopic (exact) mass is 252 g/mol. The van der Waals surface area contributed by atoms with Gasteiger partial charge in [0.05, 0.1) is 6.42 Å². The van der Waals surface area contributed by atoms with Crippen LogP contribution in [0.5, 0.6) is 0 Å². The van der Waals surface area contributed by atoms with Gasteiger partial charge in [-0.05, 0) is 26.7 Å². The van der Waals surface area contributed by atoms with E-state index in [1.807, 2.05) is 0 Å². The maximum absolute atomic E-state index is 11.8. The summed E-state index contributed by atoms with van der Waals surface area (Å²) in [4.78, 5) is 26.6. The fourth-order valence-electron chi connectivity index (χ4n) is 1.70. The number of hydrogen-bond donors (Lipinski definition) is 3. The topological polar surface area (TPSA) is 108 Å². The second kappa shape index (κ2) is 4.40. The van der Waals surface area contributed by atoms with Crippen molar-refractivity contribution in [1.29, 1.82) is 0 Å². The lowest BCUT2D eigenvalue weighted by atomic mass is 10.0. The van der Waals surface area contributed by atoms with Crippen molar-refractivity contribution in [3.63, 3.8) is 0 Å². The SMILES string of the molecule is CC(C)(CC(=O)O)NC(=O)c1n[nH]c(C2CC2)n1. The predicted octanol–water partition coefficient (Wildman–Crippen LogP) is 0.665. The molecule has 0 aliphatic heterocycles. The maximum Gasteiger partial charge on any atom is 0.305 e. The summed E-state index contributed by atoms with van der Waals surface area (Å²) in [7, 11) is 0. The van der Waals surface area contributed by atoms with Crippen molar-refractivity contribution < 1.29 is 14.7 Å². The average molecular weight is 252 g/mol. The molecule has 0 saturated heterocycles. The molecular weight excluding hydrogens is 236 g/mol. The van der Waals surface area contributed by atoms with E-state index in [1.54, 1.807) is 13.8 Å². The molecule has 0 atom stereocenters. The Bertz CT molecular complexity index is 476. The van der Waals surface area contributed by atoms with Gasteiger partial charge in [-0.25, -0.2) is 4.98 Å². The second-order valence-electron chi connectivity index (χ2n) is 5.23. The van der Waals surface area contributed by atoms with Crippen LogP contribution in [0, 0.1) is 0 Å². The first-order valence-electron chi connectivity index (χ1n) is 5.84. The Kier molecular flexibility index (Phi) is 3.06. The molecule has 7 nitrogen and oxygen atoms in total. The molecular formula is C11H16N4O3. The molecule has 1 aliphatic carbocycles. The number of nitrogens with one attached hydrogen (secondary N) is 2. The Morgan fingerprint density at radius 3 is 2.72 bits per heavy atom. The molecule has 1 aromatic rings. The fourth-order valence-corrected chi connectivity index (χ4v) is 1.70. The van der Waals surface area contributed by atoms with Crippen molar-refractivity contribution >= 4 is 11.9 Å². The van der Waals surface area contributed by atoms with Gasteiger partial charge >= 0.3 is 5.97 Å². The molecule has 0 unspecified atom stereocenters. The molecule has 1 heterocycles. The predicted molar refractivity (Wildman–Crippen MR) is 62.2 cm³/mol. The van der Waals surface area contributed by atoms with E-state index in [9.17, 15) is 9.59 Å². The summed E-state index contributed by atoms with van der Waals surface area (Å²) in [6.07, 6.45) is 1.99. The van der Waals surface area contributed by atoms with Gasteiger partial charge in [-0.2, -0.15) is 0 Å². The van der Waals surface area contributed by atoms with Crippen molar-refractivity contribution in [3.05, 3.63) is 11.6 Å². The Morgan fingerprint density at radius 2 is 2.17 bits per heavy atom. The van der Waals surface area contributed by atoms with Crippen LogP contribution in [0.2, 0.25) is 0 Å².